The summed E-state index contributed by atoms with van der Waals surface area (Å²) in [4.78, 5) is 4.18. The van der Waals surface area contributed by atoms with Crippen molar-refractivity contribution < 1.29 is 8.42 Å². The van der Waals surface area contributed by atoms with Crippen LogP contribution in [0.5, 0.6) is 0 Å². The first-order chi connectivity index (χ1) is 8.93. The third-order valence-electron chi connectivity index (χ3n) is 2.34. The van der Waals surface area contributed by atoms with Crippen LogP contribution in [0.25, 0.3) is 11.5 Å². The van der Waals surface area contributed by atoms with Crippen molar-refractivity contribution in [2.75, 3.05) is 0 Å². The van der Waals surface area contributed by atoms with Gasteiger partial charge >= 0.3 is 0 Å². The van der Waals surface area contributed by atoms with Crippen molar-refractivity contribution in [3.8, 4) is 11.5 Å². The Morgan fingerprint density at radius 1 is 1.37 bits per heavy atom. The van der Waals surface area contributed by atoms with Crippen LogP contribution in [0.2, 0.25) is 0 Å². The molecule has 0 radical (unpaired) electrons. The normalized spacial score (nSPS) is 11.7. The molecule has 0 aliphatic carbocycles. The molecule has 0 spiro atoms. The molecule has 0 bridgehead atoms. The fraction of sp³-hybridized carbons (Fsp3) is 0.300. The van der Waals surface area contributed by atoms with Crippen LogP contribution in [0.3, 0.4) is 0 Å². The van der Waals surface area contributed by atoms with Crippen LogP contribution in [0.15, 0.2) is 28.0 Å². The van der Waals surface area contributed by atoms with Crippen molar-refractivity contribution in [1.29, 1.82) is 0 Å². The van der Waals surface area contributed by atoms with Gasteiger partial charge in [-0.2, -0.15) is 0 Å². The summed E-state index contributed by atoms with van der Waals surface area (Å²) in [5.41, 5.74) is 0.538. The van der Waals surface area contributed by atoms with Gasteiger partial charge in [0.2, 0.25) is 0 Å². The lowest BCUT2D eigenvalue weighted by molar-refractivity contribution is 0.569. The number of halogens is 2. The SMILES string of the molecule is CCCn1c(-c2ccc(Br)cn2)nnc1S(=O)(=O)Cl. The van der Waals surface area contributed by atoms with Gasteiger partial charge in [-0.1, -0.05) is 6.92 Å². The maximum absolute atomic E-state index is 11.4. The van der Waals surface area contributed by atoms with E-state index in [0.717, 1.165) is 10.9 Å². The first-order valence-electron chi connectivity index (χ1n) is 5.43. The first kappa shape index (κ1) is 14.4. The fourth-order valence-electron chi connectivity index (χ4n) is 1.59. The minimum absolute atomic E-state index is 0.254. The van der Waals surface area contributed by atoms with Crippen LogP contribution in [0.1, 0.15) is 13.3 Å². The molecule has 0 aliphatic heterocycles. The monoisotopic (exact) mass is 364 g/mol. The second-order valence-corrected chi connectivity index (χ2v) is 7.13. The molecule has 19 heavy (non-hydrogen) atoms. The van der Waals surface area contributed by atoms with Gasteiger partial charge in [0, 0.05) is 27.9 Å². The minimum Gasteiger partial charge on any atom is -0.296 e. The summed E-state index contributed by atoms with van der Waals surface area (Å²) in [5.74, 6) is 0.383. The van der Waals surface area contributed by atoms with Gasteiger partial charge in [-0.05, 0) is 34.5 Å². The van der Waals surface area contributed by atoms with Gasteiger partial charge in [-0.25, -0.2) is 8.42 Å². The summed E-state index contributed by atoms with van der Waals surface area (Å²) in [6.45, 7) is 2.37. The van der Waals surface area contributed by atoms with Gasteiger partial charge in [-0.15, -0.1) is 10.2 Å². The molecule has 2 rings (SSSR count). The van der Waals surface area contributed by atoms with Crippen LogP contribution in [-0.4, -0.2) is 28.2 Å². The zero-order chi connectivity index (χ0) is 14.0. The zero-order valence-electron chi connectivity index (χ0n) is 9.92. The molecular formula is C10H10BrClN4O2S. The predicted octanol–water partition coefficient (Wildman–Crippen LogP) is 2.44. The Labute approximate surface area is 123 Å². The fourth-order valence-corrected chi connectivity index (χ4v) is 2.75. The van der Waals surface area contributed by atoms with Gasteiger partial charge in [0.05, 0.1) is 0 Å². The summed E-state index contributed by atoms with van der Waals surface area (Å²) < 4.78 is 25.2. The summed E-state index contributed by atoms with van der Waals surface area (Å²) in [5, 5.41) is 7.26. The molecule has 0 aromatic carbocycles. The second kappa shape index (κ2) is 5.56. The number of pyridine rings is 1. The van der Waals surface area contributed by atoms with E-state index in [9.17, 15) is 8.42 Å². The van der Waals surface area contributed by atoms with Gasteiger partial charge in [-0.3, -0.25) is 9.55 Å². The highest BCUT2D eigenvalue weighted by molar-refractivity contribution is 9.10. The van der Waals surface area contributed by atoms with Crippen LogP contribution >= 0.6 is 26.6 Å². The molecule has 9 heteroatoms. The lowest BCUT2D eigenvalue weighted by atomic mass is 10.3. The standard InChI is InChI=1S/C10H10BrClN4O2S/c1-2-5-16-9(8-4-3-7(11)6-13-8)14-15-10(16)19(12,17)18/h3-4,6H,2,5H2,1H3. The average molecular weight is 366 g/mol. The molecule has 0 saturated heterocycles. The van der Waals surface area contributed by atoms with Crippen LogP contribution in [-0.2, 0) is 15.6 Å². The van der Waals surface area contributed by atoms with Crippen LogP contribution in [0, 0.1) is 0 Å². The van der Waals surface area contributed by atoms with E-state index in [1.54, 1.807) is 18.3 Å². The Balaban J connectivity index is 2.58. The van der Waals surface area contributed by atoms with E-state index < -0.39 is 9.05 Å². The summed E-state index contributed by atoms with van der Waals surface area (Å²) >= 11 is 3.28. The molecule has 0 amide bonds. The van der Waals surface area contributed by atoms with Crippen molar-refractivity contribution in [2.24, 2.45) is 0 Å². The number of rotatable bonds is 4. The lowest BCUT2D eigenvalue weighted by Gasteiger charge is -2.06. The number of hydrogen-bond donors (Lipinski definition) is 0. The zero-order valence-corrected chi connectivity index (χ0v) is 13.1. The average Bonchev–Trinajstić information content (AvgIpc) is 2.74. The first-order valence-corrected chi connectivity index (χ1v) is 8.53. The van der Waals surface area contributed by atoms with E-state index in [-0.39, 0.29) is 5.16 Å². The van der Waals surface area contributed by atoms with Gasteiger partial charge in [0.15, 0.2) is 5.82 Å². The van der Waals surface area contributed by atoms with Crippen LogP contribution < -0.4 is 0 Å². The van der Waals surface area contributed by atoms with Gasteiger partial charge < -0.3 is 0 Å². The Bertz CT molecular complexity index is 684. The third-order valence-corrected chi connectivity index (χ3v) is 3.96. The lowest BCUT2D eigenvalue weighted by Crippen LogP contribution is -2.08. The molecule has 6 nitrogen and oxygen atoms in total. The molecule has 0 fully saturated rings. The van der Waals surface area contributed by atoms with Crippen molar-refractivity contribution in [3.05, 3.63) is 22.8 Å². The molecule has 0 aliphatic rings. The molecule has 2 heterocycles. The number of hydrogen-bond acceptors (Lipinski definition) is 5. The second-order valence-electron chi connectivity index (χ2n) is 3.76. The van der Waals surface area contributed by atoms with E-state index in [4.69, 9.17) is 10.7 Å². The Morgan fingerprint density at radius 2 is 2.11 bits per heavy atom. The number of aromatic nitrogens is 4. The highest BCUT2D eigenvalue weighted by atomic mass is 79.9. The molecule has 2 aromatic heterocycles. The summed E-state index contributed by atoms with van der Waals surface area (Å²) in [7, 11) is 1.42. The summed E-state index contributed by atoms with van der Waals surface area (Å²) in [6.07, 6.45) is 2.33. The van der Waals surface area contributed by atoms with Crippen molar-refractivity contribution in [3.63, 3.8) is 0 Å². The summed E-state index contributed by atoms with van der Waals surface area (Å²) in [6, 6.07) is 3.52. The number of nitrogens with zero attached hydrogens (tertiary/aromatic N) is 4. The minimum atomic E-state index is -3.93. The van der Waals surface area contributed by atoms with E-state index in [2.05, 4.69) is 31.1 Å². The van der Waals surface area contributed by atoms with E-state index >= 15 is 0 Å². The van der Waals surface area contributed by atoms with E-state index in [1.165, 1.54) is 4.57 Å². The van der Waals surface area contributed by atoms with Crippen molar-refractivity contribution in [1.82, 2.24) is 19.7 Å². The van der Waals surface area contributed by atoms with Crippen molar-refractivity contribution in [2.45, 2.75) is 25.0 Å². The maximum Gasteiger partial charge on any atom is 0.296 e. The van der Waals surface area contributed by atoms with E-state index in [1.807, 2.05) is 6.92 Å². The third kappa shape index (κ3) is 3.13. The van der Waals surface area contributed by atoms with E-state index in [0.29, 0.717) is 18.1 Å². The molecule has 0 saturated carbocycles. The molecule has 0 N–H and O–H groups in total. The Morgan fingerprint density at radius 3 is 2.63 bits per heavy atom. The Hall–Kier alpha value is -0.990. The topological polar surface area (TPSA) is 77.7 Å². The molecule has 102 valence electrons. The quantitative estimate of drug-likeness (QED) is 0.778. The molecule has 0 unspecified atom stereocenters. The molecule has 2 aromatic rings. The maximum atomic E-state index is 11.4. The van der Waals surface area contributed by atoms with Crippen molar-refractivity contribution >= 4 is 35.7 Å². The highest BCUT2D eigenvalue weighted by Crippen LogP contribution is 2.22. The highest BCUT2D eigenvalue weighted by Gasteiger charge is 2.23. The smallest absolute Gasteiger partial charge is 0.296 e. The molecular weight excluding hydrogens is 356 g/mol. The molecule has 0 atom stereocenters. The predicted molar refractivity (Wildman–Crippen MR) is 74.3 cm³/mol. The largest absolute Gasteiger partial charge is 0.296 e. The van der Waals surface area contributed by atoms with Crippen LogP contribution in [0.4, 0.5) is 0 Å². The van der Waals surface area contributed by atoms with Gasteiger partial charge in [0.25, 0.3) is 14.2 Å². The van der Waals surface area contributed by atoms with Gasteiger partial charge in [0.1, 0.15) is 5.69 Å². The Kier molecular flexibility index (Phi) is 4.22.